The smallest absolute Gasteiger partial charge is 0.225 e. The molecule has 0 atom stereocenters. The normalized spacial score (nSPS) is 21.1. The molecule has 2 aliphatic heterocycles. The van der Waals surface area contributed by atoms with Gasteiger partial charge >= 0.3 is 0 Å². The molecule has 1 aromatic rings. The Hall–Kier alpha value is -1.40. The summed E-state index contributed by atoms with van der Waals surface area (Å²) in [7, 11) is 6.20. The first-order valence-electron chi connectivity index (χ1n) is 8.20. The van der Waals surface area contributed by atoms with E-state index in [9.17, 15) is 0 Å². The van der Waals surface area contributed by atoms with Crippen LogP contribution in [0.1, 0.15) is 24.5 Å². The van der Waals surface area contributed by atoms with E-state index in [0.29, 0.717) is 5.92 Å². The van der Waals surface area contributed by atoms with Crippen LogP contribution in [-0.4, -0.2) is 75.4 Å². The summed E-state index contributed by atoms with van der Waals surface area (Å²) >= 11 is 0. The van der Waals surface area contributed by atoms with Gasteiger partial charge in [-0.3, -0.25) is 0 Å². The summed E-state index contributed by atoms with van der Waals surface area (Å²) in [5, 5.41) is 0. The molecule has 1 aromatic heterocycles. The molecule has 0 spiro atoms. The van der Waals surface area contributed by atoms with Crippen molar-refractivity contribution >= 4 is 11.6 Å². The highest BCUT2D eigenvalue weighted by atomic mass is 16.5. The number of rotatable bonds is 3. The van der Waals surface area contributed by atoms with Crippen LogP contribution < -0.4 is 9.80 Å². The van der Waals surface area contributed by atoms with Crippen molar-refractivity contribution in [2.75, 3.05) is 70.3 Å². The summed E-state index contributed by atoms with van der Waals surface area (Å²) in [6.07, 6.45) is 4.37. The van der Waals surface area contributed by atoms with Gasteiger partial charge in [-0.25, -0.2) is 9.97 Å². The summed E-state index contributed by atoms with van der Waals surface area (Å²) in [4.78, 5) is 16.2. The molecule has 2 aliphatic rings. The SMILES string of the molecule is CN1CCC(c2nc(N(C)C)ncc2N2CCOCC2)CC1. The average molecular weight is 305 g/mol. The van der Waals surface area contributed by atoms with Crippen molar-refractivity contribution in [2.45, 2.75) is 18.8 Å². The zero-order valence-corrected chi connectivity index (χ0v) is 14.0. The molecule has 3 rings (SSSR count). The Morgan fingerprint density at radius 3 is 2.45 bits per heavy atom. The molecule has 0 bridgehead atoms. The maximum atomic E-state index is 5.49. The van der Waals surface area contributed by atoms with E-state index in [1.807, 2.05) is 25.2 Å². The molecule has 122 valence electrons. The number of piperidine rings is 1. The third-order valence-electron chi connectivity index (χ3n) is 4.64. The minimum absolute atomic E-state index is 0.538. The molecule has 6 heteroatoms. The summed E-state index contributed by atoms with van der Waals surface area (Å²) in [6.45, 7) is 5.75. The van der Waals surface area contributed by atoms with Gasteiger partial charge in [0, 0.05) is 33.1 Å². The fourth-order valence-corrected chi connectivity index (χ4v) is 3.22. The maximum absolute atomic E-state index is 5.49. The van der Waals surface area contributed by atoms with Gasteiger partial charge in [-0.05, 0) is 33.0 Å². The minimum atomic E-state index is 0.538. The van der Waals surface area contributed by atoms with Crippen molar-refractivity contribution in [3.05, 3.63) is 11.9 Å². The first kappa shape index (κ1) is 15.5. The van der Waals surface area contributed by atoms with Gasteiger partial charge in [-0.2, -0.15) is 0 Å². The Morgan fingerprint density at radius 2 is 1.82 bits per heavy atom. The lowest BCUT2D eigenvalue weighted by molar-refractivity contribution is 0.122. The van der Waals surface area contributed by atoms with Crippen molar-refractivity contribution in [2.24, 2.45) is 0 Å². The predicted octanol–water partition coefficient (Wildman–Crippen LogP) is 1.19. The molecule has 0 aliphatic carbocycles. The predicted molar refractivity (Wildman–Crippen MR) is 88.9 cm³/mol. The molecule has 2 saturated heterocycles. The van der Waals surface area contributed by atoms with Gasteiger partial charge in [0.2, 0.25) is 5.95 Å². The van der Waals surface area contributed by atoms with Crippen molar-refractivity contribution in [1.82, 2.24) is 14.9 Å². The lowest BCUT2D eigenvalue weighted by atomic mass is 9.92. The molecule has 0 amide bonds. The second-order valence-electron chi connectivity index (χ2n) is 6.51. The first-order valence-corrected chi connectivity index (χ1v) is 8.20. The van der Waals surface area contributed by atoms with E-state index in [2.05, 4.69) is 21.8 Å². The number of aromatic nitrogens is 2. The van der Waals surface area contributed by atoms with Crippen molar-refractivity contribution in [3.8, 4) is 0 Å². The lowest BCUT2D eigenvalue weighted by Crippen LogP contribution is -2.38. The average Bonchev–Trinajstić information content (AvgIpc) is 2.56. The highest BCUT2D eigenvalue weighted by Crippen LogP contribution is 2.34. The molecule has 22 heavy (non-hydrogen) atoms. The van der Waals surface area contributed by atoms with Gasteiger partial charge in [-0.15, -0.1) is 0 Å². The summed E-state index contributed by atoms with van der Waals surface area (Å²) in [5.41, 5.74) is 2.44. The third kappa shape index (κ3) is 3.33. The van der Waals surface area contributed by atoms with Crippen LogP contribution in [0.2, 0.25) is 0 Å². The first-order chi connectivity index (χ1) is 10.6. The number of morpholine rings is 1. The van der Waals surface area contributed by atoms with Crippen LogP contribution in [0.3, 0.4) is 0 Å². The van der Waals surface area contributed by atoms with Crippen molar-refractivity contribution < 1.29 is 4.74 Å². The Morgan fingerprint density at radius 1 is 1.14 bits per heavy atom. The minimum Gasteiger partial charge on any atom is -0.378 e. The molecule has 0 radical (unpaired) electrons. The largest absolute Gasteiger partial charge is 0.378 e. The second-order valence-corrected chi connectivity index (χ2v) is 6.51. The Kier molecular flexibility index (Phi) is 4.78. The van der Waals surface area contributed by atoms with Crippen LogP contribution in [0, 0.1) is 0 Å². The number of hydrogen-bond acceptors (Lipinski definition) is 6. The van der Waals surface area contributed by atoms with E-state index in [1.165, 1.54) is 24.2 Å². The van der Waals surface area contributed by atoms with Crippen molar-refractivity contribution in [3.63, 3.8) is 0 Å². The van der Waals surface area contributed by atoms with Crippen LogP contribution in [0.5, 0.6) is 0 Å². The van der Waals surface area contributed by atoms with Gasteiger partial charge in [0.05, 0.1) is 30.8 Å². The van der Waals surface area contributed by atoms with Gasteiger partial charge in [0.15, 0.2) is 0 Å². The number of nitrogens with zero attached hydrogens (tertiary/aromatic N) is 5. The molecule has 3 heterocycles. The highest BCUT2D eigenvalue weighted by molar-refractivity contribution is 5.53. The molecule has 0 unspecified atom stereocenters. The van der Waals surface area contributed by atoms with Crippen LogP contribution in [0.15, 0.2) is 6.20 Å². The molecule has 0 N–H and O–H groups in total. The number of hydrogen-bond donors (Lipinski definition) is 0. The number of anilines is 2. The Balaban J connectivity index is 1.90. The summed E-state index contributed by atoms with van der Waals surface area (Å²) in [5.74, 6) is 1.35. The monoisotopic (exact) mass is 305 g/mol. The van der Waals surface area contributed by atoms with Crippen LogP contribution >= 0.6 is 0 Å². The van der Waals surface area contributed by atoms with Gasteiger partial charge in [0.1, 0.15) is 0 Å². The molecule has 0 saturated carbocycles. The summed E-state index contributed by atoms with van der Waals surface area (Å²) < 4.78 is 5.49. The molecular formula is C16H27N5O. The van der Waals surface area contributed by atoms with Crippen LogP contribution in [-0.2, 0) is 4.74 Å². The number of ether oxygens (including phenoxy) is 1. The molecule has 2 fully saturated rings. The summed E-state index contributed by atoms with van der Waals surface area (Å²) in [6, 6.07) is 0. The quantitative estimate of drug-likeness (QED) is 0.836. The van der Waals surface area contributed by atoms with E-state index in [1.54, 1.807) is 0 Å². The van der Waals surface area contributed by atoms with E-state index < -0.39 is 0 Å². The third-order valence-corrected chi connectivity index (χ3v) is 4.64. The van der Waals surface area contributed by atoms with E-state index in [0.717, 1.165) is 45.3 Å². The van der Waals surface area contributed by atoms with Gasteiger partial charge < -0.3 is 19.4 Å². The fraction of sp³-hybridized carbons (Fsp3) is 0.750. The Labute approximate surface area is 133 Å². The van der Waals surface area contributed by atoms with Gasteiger partial charge in [-0.1, -0.05) is 0 Å². The molecule has 0 aromatic carbocycles. The van der Waals surface area contributed by atoms with E-state index >= 15 is 0 Å². The van der Waals surface area contributed by atoms with E-state index in [4.69, 9.17) is 9.72 Å². The zero-order valence-electron chi connectivity index (χ0n) is 14.0. The lowest BCUT2D eigenvalue weighted by Gasteiger charge is -2.34. The fourth-order valence-electron chi connectivity index (χ4n) is 3.22. The van der Waals surface area contributed by atoms with E-state index in [-0.39, 0.29) is 0 Å². The highest BCUT2D eigenvalue weighted by Gasteiger charge is 2.26. The topological polar surface area (TPSA) is 44.7 Å². The zero-order chi connectivity index (χ0) is 15.5. The van der Waals surface area contributed by atoms with Crippen LogP contribution in [0.4, 0.5) is 11.6 Å². The Bertz CT molecular complexity index is 493. The number of likely N-dealkylation sites (tertiary alicyclic amines) is 1. The standard InChI is InChI=1S/C16H27N5O/c1-19(2)16-17-12-14(21-8-10-22-11-9-21)15(18-16)13-4-6-20(3)7-5-13/h12-13H,4-11H2,1-3H3. The molecule has 6 nitrogen and oxygen atoms in total. The van der Waals surface area contributed by atoms with Crippen molar-refractivity contribution in [1.29, 1.82) is 0 Å². The maximum Gasteiger partial charge on any atom is 0.225 e. The van der Waals surface area contributed by atoms with Gasteiger partial charge in [0.25, 0.3) is 0 Å². The second kappa shape index (κ2) is 6.79. The molecular weight excluding hydrogens is 278 g/mol. The van der Waals surface area contributed by atoms with Crippen LogP contribution in [0.25, 0.3) is 0 Å².